The second kappa shape index (κ2) is 5.65. The molecule has 0 aliphatic heterocycles. The minimum atomic E-state index is -2.28. The lowest BCUT2D eigenvalue weighted by Crippen LogP contribution is -2.04. The van der Waals surface area contributed by atoms with Gasteiger partial charge < -0.3 is 19.1 Å². The van der Waals surface area contributed by atoms with Gasteiger partial charge in [-0.05, 0) is 17.7 Å². The molecule has 0 saturated heterocycles. The second-order valence-electron chi connectivity index (χ2n) is 3.15. The number of rotatable bonds is 5. The number of aliphatic carboxylic acids is 1. The topological polar surface area (TPSA) is 93.1 Å². The van der Waals surface area contributed by atoms with Crippen molar-refractivity contribution in [1.29, 1.82) is 0 Å². The molecule has 1 atom stereocenters. The Hall–Kier alpha value is -1.60. The number of benzene rings is 1. The summed E-state index contributed by atoms with van der Waals surface area (Å²) in [5.41, 5.74) is 0.368. The maximum atomic E-state index is 11.1. The zero-order valence-electron chi connectivity index (χ0n) is 9.30. The second-order valence-corrected chi connectivity index (χ2v) is 4.09. The van der Waals surface area contributed by atoms with E-state index in [9.17, 15) is 9.00 Å². The molecule has 1 rings (SSSR count). The first kappa shape index (κ1) is 13.5. The Kier molecular flexibility index (Phi) is 4.47. The third kappa shape index (κ3) is 3.18. The fraction of sp³-hybridized carbons (Fsp3) is 0.300. The zero-order valence-corrected chi connectivity index (χ0v) is 10.1. The Morgan fingerprint density at radius 2 is 2.00 bits per heavy atom. The monoisotopic (exact) mass is 260 g/mol. The first-order valence-corrected chi connectivity index (χ1v) is 5.67. The van der Waals surface area contributed by atoms with Crippen LogP contribution in [0, 0.1) is 0 Å². The molecule has 1 aromatic rings. The van der Waals surface area contributed by atoms with Gasteiger partial charge in [0.2, 0.25) is 0 Å². The predicted octanol–water partition coefficient (Wildman–Crippen LogP) is 0.911. The first-order valence-electron chi connectivity index (χ1n) is 4.57. The predicted molar refractivity (Wildman–Crippen MR) is 59.9 cm³/mol. The SMILES string of the molecule is COc1cc(CC(=O)O)cc(S(=O)O)c1OC. The molecule has 0 spiro atoms. The standard InChI is InChI=1S/C10H12O6S/c1-15-7-3-6(5-9(11)12)4-8(17(13)14)10(7)16-2/h3-4H,5H2,1-2H3,(H,11,12)(H,13,14). The summed E-state index contributed by atoms with van der Waals surface area (Å²) in [4.78, 5) is 10.6. The summed E-state index contributed by atoms with van der Waals surface area (Å²) in [7, 11) is 2.71. The van der Waals surface area contributed by atoms with Crippen molar-refractivity contribution in [2.24, 2.45) is 0 Å². The van der Waals surface area contributed by atoms with Crippen LogP contribution in [0.2, 0.25) is 0 Å². The summed E-state index contributed by atoms with van der Waals surface area (Å²) in [5.74, 6) is -0.682. The van der Waals surface area contributed by atoms with Gasteiger partial charge in [0, 0.05) is 0 Å². The summed E-state index contributed by atoms with van der Waals surface area (Å²) >= 11 is -2.28. The Morgan fingerprint density at radius 3 is 2.41 bits per heavy atom. The molecule has 0 aliphatic rings. The molecule has 0 amide bonds. The van der Waals surface area contributed by atoms with E-state index < -0.39 is 17.0 Å². The Balaban J connectivity index is 3.34. The van der Waals surface area contributed by atoms with Crippen LogP contribution in [0.15, 0.2) is 17.0 Å². The highest BCUT2D eigenvalue weighted by Gasteiger charge is 2.17. The van der Waals surface area contributed by atoms with Gasteiger partial charge in [-0.25, -0.2) is 4.21 Å². The fourth-order valence-corrected chi connectivity index (χ4v) is 1.98. The van der Waals surface area contributed by atoms with Crippen LogP contribution in [0.5, 0.6) is 11.5 Å². The maximum absolute atomic E-state index is 11.1. The molecule has 94 valence electrons. The number of hydrogen-bond acceptors (Lipinski definition) is 4. The summed E-state index contributed by atoms with van der Waals surface area (Å²) in [5, 5.41) is 8.68. The Morgan fingerprint density at radius 1 is 1.35 bits per heavy atom. The van der Waals surface area contributed by atoms with E-state index in [1.54, 1.807) is 0 Å². The third-order valence-corrected chi connectivity index (χ3v) is 2.73. The van der Waals surface area contributed by atoms with Crippen molar-refractivity contribution < 1.29 is 28.1 Å². The lowest BCUT2D eigenvalue weighted by atomic mass is 10.1. The molecule has 0 fully saturated rings. The quantitative estimate of drug-likeness (QED) is 0.764. The van der Waals surface area contributed by atoms with Crippen LogP contribution in [0.25, 0.3) is 0 Å². The van der Waals surface area contributed by atoms with Crippen molar-refractivity contribution in [3.8, 4) is 11.5 Å². The van der Waals surface area contributed by atoms with E-state index in [1.165, 1.54) is 26.4 Å². The number of carboxylic acids is 1. The molecule has 0 radical (unpaired) electrons. The van der Waals surface area contributed by atoms with Crippen molar-refractivity contribution >= 4 is 17.0 Å². The molecular weight excluding hydrogens is 248 g/mol. The van der Waals surface area contributed by atoms with Crippen molar-refractivity contribution in [3.63, 3.8) is 0 Å². The van der Waals surface area contributed by atoms with Gasteiger partial charge in [0.1, 0.15) is 4.90 Å². The van der Waals surface area contributed by atoms with E-state index in [2.05, 4.69) is 0 Å². The van der Waals surface area contributed by atoms with Crippen molar-refractivity contribution in [1.82, 2.24) is 0 Å². The highest BCUT2D eigenvalue weighted by molar-refractivity contribution is 7.79. The van der Waals surface area contributed by atoms with E-state index in [-0.39, 0.29) is 22.8 Å². The molecule has 2 N–H and O–H groups in total. The Labute approximate surface area is 100 Å². The molecular formula is C10H12O6S. The van der Waals surface area contributed by atoms with Gasteiger partial charge in [0.05, 0.1) is 20.6 Å². The van der Waals surface area contributed by atoms with Gasteiger partial charge in [-0.1, -0.05) is 0 Å². The molecule has 0 saturated carbocycles. The summed E-state index contributed by atoms with van der Waals surface area (Å²) < 4.78 is 30.2. The van der Waals surface area contributed by atoms with E-state index in [1.807, 2.05) is 0 Å². The van der Waals surface area contributed by atoms with Crippen LogP contribution in [-0.4, -0.2) is 34.1 Å². The van der Waals surface area contributed by atoms with E-state index in [4.69, 9.17) is 19.1 Å². The van der Waals surface area contributed by atoms with Crippen molar-refractivity contribution in [2.45, 2.75) is 11.3 Å². The number of carboxylic acid groups (broad SMARTS) is 1. The molecule has 0 aromatic heterocycles. The van der Waals surface area contributed by atoms with Crippen LogP contribution < -0.4 is 9.47 Å². The van der Waals surface area contributed by atoms with E-state index in [0.717, 1.165) is 0 Å². The smallest absolute Gasteiger partial charge is 0.307 e. The summed E-state index contributed by atoms with van der Waals surface area (Å²) in [6.07, 6.45) is -0.259. The average Bonchev–Trinajstić information content (AvgIpc) is 2.26. The minimum Gasteiger partial charge on any atom is -0.493 e. The van der Waals surface area contributed by atoms with Gasteiger partial charge in [-0.3, -0.25) is 4.79 Å². The van der Waals surface area contributed by atoms with Crippen molar-refractivity contribution in [2.75, 3.05) is 14.2 Å². The highest BCUT2D eigenvalue weighted by Crippen LogP contribution is 2.34. The molecule has 6 nitrogen and oxygen atoms in total. The van der Waals surface area contributed by atoms with Gasteiger partial charge in [0.25, 0.3) is 0 Å². The maximum Gasteiger partial charge on any atom is 0.307 e. The molecule has 17 heavy (non-hydrogen) atoms. The Bertz CT molecular complexity index is 456. The number of ether oxygens (including phenoxy) is 2. The van der Waals surface area contributed by atoms with Gasteiger partial charge in [0.15, 0.2) is 22.6 Å². The lowest BCUT2D eigenvalue weighted by molar-refractivity contribution is -0.136. The normalized spacial score (nSPS) is 11.9. The molecule has 0 aliphatic carbocycles. The first-order chi connectivity index (χ1) is 7.99. The van der Waals surface area contributed by atoms with Crippen LogP contribution in [-0.2, 0) is 22.3 Å². The van der Waals surface area contributed by atoms with Crippen LogP contribution in [0.1, 0.15) is 5.56 Å². The van der Waals surface area contributed by atoms with Crippen LogP contribution >= 0.6 is 0 Å². The van der Waals surface area contributed by atoms with Crippen LogP contribution in [0.3, 0.4) is 0 Å². The van der Waals surface area contributed by atoms with Gasteiger partial charge in [-0.2, -0.15) is 0 Å². The van der Waals surface area contributed by atoms with Gasteiger partial charge >= 0.3 is 5.97 Å². The molecule has 1 aromatic carbocycles. The number of methoxy groups -OCH3 is 2. The summed E-state index contributed by atoms with van der Waals surface area (Å²) in [6.45, 7) is 0. The molecule has 0 heterocycles. The largest absolute Gasteiger partial charge is 0.493 e. The average molecular weight is 260 g/mol. The molecule has 0 bridgehead atoms. The number of hydrogen-bond donors (Lipinski definition) is 2. The molecule has 7 heteroatoms. The van der Waals surface area contributed by atoms with E-state index >= 15 is 0 Å². The minimum absolute atomic E-state index is 0.0110. The zero-order chi connectivity index (χ0) is 13.0. The molecule has 1 unspecified atom stereocenters. The third-order valence-electron chi connectivity index (χ3n) is 2.05. The summed E-state index contributed by atoms with van der Waals surface area (Å²) in [6, 6.07) is 2.77. The van der Waals surface area contributed by atoms with Gasteiger partial charge in [-0.15, -0.1) is 0 Å². The highest BCUT2D eigenvalue weighted by atomic mass is 32.2. The number of carbonyl (C=O) groups is 1. The van der Waals surface area contributed by atoms with E-state index in [0.29, 0.717) is 5.56 Å². The fourth-order valence-electron chi connectivity index (χ4n) is 1.39. The van der Waals surface area contributed by atoms with Crippen molar-refractivity contribution in [3.05, 3.63) is 17.7 Å². The van der Waals surface area contributed by atoms with Crippen LogP contribution in [0.4, 0.5) is 0 Å². The lowest BCUT2D eigenvalue weighted by Gasteiger charge is -2.12.